The van der Waals surface area contributed by atoms with Crippen molar-refractivity contribution in [1.82, 2.24) is 14.5 Å². The van der Waals surface area contributed by atoms with Gasteiger partial charge in [0, 0.05) is 36.6 Å². The van der Waals surface area contributed by atoms with Crippen LogP contribution in [0.15, 0.2) is 71.9 Å². The number of pyridine rings is 1. The Morgan fingerprint density at radius 2 is 1.75 bits per heavy atom. The van der Waals surface area contributed by atoms with Gasteiger partial charge >= 0.3 is 12.1 Å². The van der Waals surface area contributed by atoms with Gasteiger partial charge in [-0.15, -0.1) is 0 Å². The first-order valence-corrected chi connectivity index (χ1v) is 16.0. The quantitative estimate of drug-likeness (QED) is 0.0634. The number of nitrogens with two attached hydrogens (primary N) is 1. The summed E-state index contributed by atoms with van der Waals surface area (Å²) in [6.45, 7) is 2.80. The lowest BCUT2D eigenvalue weighted by atomic mass is 10.1. The number of amides is 1. The summed E-state index contributed by atoms with van der Waals surface area (Å²) < 4.78 is 16.8. The number of aromatic nitrogens is 3. The van der Waals surface area contributed by atoms with Crippen molar-refractivity contribution in [3.63, 3.8) is 0 Å². The summed E-state index contributed by atoms with van der Waals surface area (Å²) in [5.41, 5.74) is 9.54. The number of benzene rings is 2. The molecule has 13 heteroatoms. The Kier molecular flexibility index (Phi) is 13.3. The normalized spacial score (nSPS) is 11.3. The summed E-state index contributed by atoms with van der Waals surface area (Å²) in [7, 11) is 3.23. The molecule has 0 radical (unpaired) electrons. The monoisotopic (exact) mass is 657 g/mol. The summed E-state index contributed by atoms with van der Waals surface area (Å²) in [6.07, 6.45) is 6.17. The average Bonchev–Trinajstić information content (AvgIpc) is 3.43. The molecule has 0 aliphatic rings. The van der Waals surface area contributed by atoms with Crippen molar-refractivity contribution in [2.24, 2.45) is 17.8 Å². The van der Waals surface area contributed by atoms with Crippen LogP contribution in [0.1, 0.15) is 67.2 Å². The lowest BCUT2D eigenvalue weighted by Crippen LogP contribution is -2.33. The summed E-state index contributed by atoms with van der Waals surface area (Å²) in [4.78, 5) is 51.8. The van der Waals surface area contributed by atoms with Gasteiger partial charge in [-0.05, 0) is 61.0 Å². The van der Waals surface area contributed by atoms with Crippen LogP contribution >= 0.6 is 0 Å². The smallest absolute Gasteiger partial charge is 0.469 e. The van der Waals surface area contributed by atoms with Crippen LogP contribution in [0.2, 0.25) is 0 Å². The van der Waals surface area contributed by atoms with Crippen LogP contribution in [0, 0.1) is 0 Å². The average molecular weight is 658 g/mol. The molecule has 0 unspecified atom stereocenters. The standard InChI is InChI=1S/C35H43N7O6/c1-4-5-6-7-10-21-47-35(45)48-24-39-33(36)25-12-15-27(16-13-25)38-23-31-40-28-22-26(14-17-29(28)41(31)2)34(44)42(20-18-32(43)46-3)30-11-8-9-19-37-30/h8-9,11-17,19,22,38H,4-7,10,18,20-21,23-24H2,1-3H3,(H2,36,39). The van der Waals surface area contributed by atoms with Gasteiger partial charge in [0.1, 0.15) is 17.5 Å². The highest BCUT2D eigenvalue weighted by atomic mass is 16.7. The van der Waals surface area contributed by atoms with Gasteiger partial charge in [-0.25, -0.2) is 19.8 Å². The van der Waals surface area contributed by atoms with E-state index in [4.69, 9.17) is 24.9 Å². The van der Waals surface area contributed by atoms with Gasteiger partial charge in [-0.2, -0.15) is 0 Å². The molecular formula is C35H43N7O6. The van der Waals surface area contributed by atoms with E-state index in [1.54, 1.807) is 36.5 Å². The van der Waals surface area contributed by atoms with Crippen LogP contribution in [0.3, 0.4) is 0 Å². The predicted molar refractivity (Wildman–Crippen MR) is 184 cm³/mol. The van der Waals surface area contributed by atoms with Crippen LogP contribution in [0.25, 0.3) is 11.0 Å². The lowest BCUT2D eigenvalue weighted by molar-refractivity contribution is -0.140. The molecule has 0 atom stereocenters. The number of unbranched alkanes of at least 4 members (excludes halogenated alkanes) is 4. The molecule has 2 heterocycles. The molecular weight excluding hydrogens is 614 g/mol. The predicted octanol–water partition coefficient (Wildman–Crippen LogP) is 5.58. The number of aliphatic imine (C=N–C) groups is 1. The topological polar surface area (TPSA) is 163 Å². The van der Waals surface area contributed by atoms with E-state index in [1.807, 2.05) is 41.9 Å². The fraction of sp³-hybridized carbons (Fsp3) is 0.371. The van der Waals surface area contributed by atoms with Crippen molar-refractivity contribution in [1.29, 1.82) is 0 Å². The first-order valence-electron chi connectivity index (χ1n) is 16.0. The number of anilines is 2. The number of methoxy groups -OCH3 is 1. The Morgan fingerprint density at radius 1 is 0.979 bits per heavy atom. The van der Waals surface area contributed by atoms with Gasteiger partial charge in [0.05, 0.1) is 37.7 Å². The minimum Gasteiger partial charge on any atom is -0.469 e. The number of imidazole rings is 1. The second-order valence-electron chi connectivity index (χ2n) is 11.0. The molecule has 2 aromatic carbocycles. The maximum atomic E-state index is 13.6. The van der Waals surface area contributed by atoms with Gasteiger partial charge in [0.2, 0.25) is 0 Å². The van der Waals surface area contributed by atoms with E-state index in [1.165, 1.54) is 18.4 Å². The number of hydrogen-bond acceptors (Lipinski definition) is 10. The lowest BCUT2D eigenvalue weighted by Gasteiger charge is -2.21. The van der Waals surface area contributed by atoms with Crippen molar-refractivity contribution < 1.29 is 28.6 Å². The second kappa shape index (κ2) is 18.0. The Balaban J connectivity index is 1.33. The molecule has 0 bridgehead atoms. The van der Waals surface area contributed by atoms with Crippen molar-refractivity contribution in [3.8, 4) is 0 Å². The van der Waals surface area contributed by atoms with E-state index >= 15 is 0 Å². The number of nitrogens with zero attached hydrogens (tertiary/aromatic N) is 5. The number of amidine groups is 1. The fourth-order valence-electron chi connectivity index (χ4n) is 4.92. The highest BCUT2D eigenvalue weighted by molar-refractivity contribution is 6.07. The molecule has 0 fully saturated rings. The molecule has 2 aromatic heterocycles. The van der Waals surface area contributed by atoms with Crippen molar-refractivity contribution in [3.05, 3.63) is 83.8 Å². The summed E-state index contributed by atoms with van der Waals surface area (Å²) >= 11 is 0. The van der Waals surface area contributed by atoms with Crippen molar-refractivity contribution in [2.45, 2.75) is 52.0 Å². The largest absolute Gasteiger partial charge is 0.510 e. The number of hydrogen-bond donors (Lipinski definition) is 2. The van der Waals surface area contributed by atoms with Gasteiger partial charge in [-0.1, -0.05) is 38.7 Å². The zero-order valence-corrected chi connectivity index (χ0v) is 27.7. The number of carbonyl (C=O) groups is 3. The van der Waals surface area contributed by atoms with Crippen LogP contribution < -0.4 is 16.0 Å². The van der Waals surface area contributed by atoms with Gasteiger partial charge in [0.25, 0.3) is 5.91 Å². The first kappa shape index (κ1) is 35.4. The third kappa shape index (κ3) is 10.0. The number of aryl methyl sites for hydroxylation is 1. The number of esters is 1. The molecule has 0 aliphatic heterocycles. The molecule has 254 valence electrons. The van der Waals surface area contributed by atoms with Crippen LogP contribution in [0.5, 0.6) is 0 Å². The Hall–Kier alpha value is -5.46. The summed E-state index contributed by atoms with van der Waals surface area (Å²) in [5.74, 6) is 0.721. The zero-order valence-electron chi connectivity index (χ0n) is 27.7. The molecule has 0 spiro atoms. The molecule has 1 amide bonds. The minimum atomic E-state index is -0.756. The molecule has 0 aliphatic carbocycles. The molecule has 13 nitrogen and oxygen atoms in total. The van der Waals surface area contributed by atoms with Crippen LogP contribution in [-0.4, -0.2) is 65.4 Å². The van der Waals surface area contributed by atoms with E-state index in [9.17, 15) is 14.4 Å². The Bertz CT molecular complexity index is 1690. The zero-order chi connectivity index (χ0) is 34.3. The molecule has 4 aromatic rings. The number of nitrogens with one attached hydrogen (secondary N) is 1. The maximum absolute atomic E-state index is 13.6. The highest BCUT2D eigenvalue weighted by Gasteiger charge is 2.21. The minimum absolute atomic E-state index is 0.0328. The van der Waals surface area contributed by atoms with Crippen LogP contribution in [-0.2, 0) is 32.6 Å². The van der Waals surface area contributed by atoms with E-state index in [0.29, 0.717) is 35.6 Å². The number of carbonyl (C=O) groups excluding carboxylic acids is 3. The van der Waals surface area contributed by atoms with E-state index in [2.05, 4.69) is 22.2 Å². The highest BCUT2D eigenvalue weighted by Crippen LogP contribution is 2.21. The molecule has 4 rings (SSSR count). The third-order valence-electron chi connectivity index (χ3n) is 7.67. The number of rotatable bonds is 17. The summed E-state index contributed by atoms with van der Waals surface area (Å²) in [5, 5.41) is 3.36. The van der Waals surface area contributed by atoms with Gasteiger partial charge in [-0.3, -0.25) is 14.5 Å². The second-order valence-corrected chi connectivity index (χ2v) is 11.0. The number of ether oxygens (including phenoxy) is 3. The molecule has 48 heavy (non-hydrogen) atoms. The van der Waals surface area contributed by atoms with Gasteiger partial charge < -0.3 is 29.8 Å². The van der Waals surface area contributed by atoms with E-state index < -0.39 is 12.1 Å². The number of fused-ring (bicyclic) bond motifs is 1. The first-order chi connectivity index (χ1) is 23.3. The van der Waals surface area contributed by atoms with E-state index in [-0.39, 0.29) is 31.4 Å². The molecule has 0 saturated carbocycles. The Morgan fingerprint density at radius 3 is 2.48 bits per heavy atom. The molecule has 3 N–H and O–H groups in total. The maximum Gasteiger partial charge on any atom is 0.510 e. The van der Waals surface area contributed by atoms with Crippen molar-refractivity contribution in [2.75, 3.05) is 37.2 Å². The van der Waals surface area contributed by atoms with Crippen molar-refractivity contribution >= 4 is 46.4 Å². The molecule has 0 saturated heterocycles. The fourth-order valence-corrected chi connectivity index (χ4v) is 4.92. The Labute approximate surface area is 280 Å². The SMILES string of the molecule is CCCCCCCOC(=O)OC/N=C(/N)c1ccc(NCc2nc3cc(C(=O)N(CCC(=O)OC)c4ccccn4)ccc3n2C)cc1. The third-order valence-corrected chi connectivity index (χ3v) is 7.67. The summed E-state index contributed by atoms with van der Waals surface area (Å²) in [6, 6.07) is 18.0. The van der Waals surface area contributed by atoms with Gasteiger partial charge in [0.15, 0.2) is 6.73 Å². The van der Waals surface area contributed by atoms with E-state index in [0.717, 1.165) is 42.7 Å². The van der Waals surface area contributed by atoms with Crippen LogP contribution in [0.4, 0.5) is 16.3 Å².